The Bertz CT molecular complexity index is 399. The van der Waals surface area contributed by atoms with Crippen LogP contribution in [0.15, 0.2) is 18.2 Å². The number of methoxy groups -OCH3 is 1. The van der Waals surface area contributed by atoms with Gasteiger partial charge in [0.15, 0.2) is 0 Å². The minimum absolute atomic E-state index is 0.346. The minimum atomic E-state index is 0.346. The third kappa shape index (κ3) is 5.35. The van der Waals surface area contributed by atoms with Crippen molar-refractivity contribution >= 4 is 0 Å². The Morgan fingerprint density at radius 1 is 1.05 bits per heavy atom. The van der Waals surface area contributed by atoms with Crippen molar-refractivity contribution < 1.29 is 9.47 Å². The third-order valence-corrected chi connectivity index (χ3v) is 4.07. The van der Waals surface area contributed by atoms with E-state index < -0.39 is 0 Å². The van der Waals surface area contributed by atoms with Crippen LogP contribution in [0.2, 0.25) is 0 Å². The van der Waals surface area contributed by atoms with Gasteiger partial charge in [-0.25, -0.2) is 0 Å². The summed E-state index contributed by atoms with van der Waals surface area (Å²) in [6.45, 7) is 9.66. The van der Waals surface area contributed by atoms with E-state index in [-0.39, 0.29) is 0 Å². The molecule has 0 unspecified atom stereocenters. The molecule has 0 N–H and O–H groups in total. The second-order valence-electron chi connectivity index (χ2n) is 5.89. The zero-order chi connectivity index (χ0) is 15.7. The van der Waals surface area contributed by atoms with Crippen molar-refractivity contribution in [2.24, 2.45) is 5.92 Å². The zero-order valence-corrected chi connectivity index (χ0v) is 14.4. The van der Waals surface area contributed by atoms with Gasteiger partial charge in [0, 0.05) is 13.0 Å². The summed E-state index contributed by atoms with van der Waals surface area (Å²) >= 11 is 0. The quantitative estimate of drug-likeness (QED) is 0.757. The highest BCUT2D eigenvalue weighted by Crippen LogP contribution is 2.33. The molecule has 2 rings (SSSR count). The summed E-state index contributed by atoms with van der Waals surface area (Å²) in [6.07, 6.45) is 6.16. The highest BCUT2D eigenvalue weighted by molar-refractivity contribution is 5.42. The van der Waals surface area contributed by atoms with Gasteiger partial charge in [-0.3, -0.25) is 0 Å². The second kappa shape index (κ2) is 9.83. The molecule has 0 radical (unpaired) electrons. The Kier molecular flexibility index (Phi) is 8.44. The lowest BCUT2D eigenvalue weighted by atomic mass is 9.82. The first-order chi connectivity index (χ1) is 10.2. The van der Waals surface area contributed by atoms with Crippen molar-refractivity contribution in [3.63, 3.8) is 0 Å². The number of rotatable bonds is 5. The van der Waals surface area contributed by atoms with Crippen molar-refractivity contribution in [3.05, 3.63) is 29.3 Å². The molecule has 0 saturated carbocycles. The molecule has 120 valence electrons. The fraction of sp³-hybridized carbons (Fsp3) is 0.684. The second-order valence-corrected chi connectivity index (χ2v) is 5.89. The van der Waals surface area contributed by atoms with Gasteiger partial charge < -0.3 is 9.47 Å². The molecule has 1 aliphatic carbocycles. The fourth-order valence-corrected chi connectivity index (χ4v) is 2.60. The van der Waals surface area contributed by atoms with Crippen LogP contribution in [0.5, 0.6) is 5.75 Å². The molecule has 0 aliphatic heterocycles. The van der Waals surface area contributed by atoms with E-state index in [2.05, 4.69) is 39.8 Å². The van der Waals surface area contributed by atoms with Crippen molar-refractivity contribution in [1.29, 1.82) is 0 Å². The van der Waals surface area contributed by atoms with Gasteiger partial charge in [-0.05, 0) is 36.0 Å². The molecule has 0 aromatic heterocycles. The van der Waals surface area contributed by atoms with Crippen molar-refractivity contribution in [3.8, 4) is 5.75 Å². The number of benzene rings is 1. The van der Waals surface area contributed by atoms with Crippen LogP contribution in [-0.2, 0) is 17.6 Å². The van der Waals surface area contributed by atoms with Gasteiger partial charge in [0.2, 0.25) is 0 Å². The Morgan fingerprint density at radius 3 is 2.33 bits per heavy atom. The van der Waals surface area contributed by atoms with E-state index in [9.17, 15) is 0 Å². The van der Waals surface area contributed by atoms with Crippen molar-refractivity contribution in [2.45, 2.75) is 65.9 Å². The standard InChI is InChI=1S/C15H22O2.C4H10/c1-4-8-17-15-10-13-12(9-11(15)2)6-5-7-14(13)16-3;1-3-4-2/h5-7,11,15H,4,8-10H2,1-3H3;3-4H2,1-2H3/t11-,15-;/m1./s1. The summed E-state index contributed by atoms with van der Waals surface area (Å²) < 4.78 is 11.4. The maximum Gasteiger partial charge on any atom is 0.122 e. The predicted molar refractivity (Wildman–Crippen MR) is 90.2 cm³/mol. The molecule has 2 heteroatoms. The average molecular weight is 292 g/mol. The molecule has 0 saturated heterocycles. The molecule has 2 nitrogen and oxygen atoms in total. The molecule has 2 atom stereocenters. The van der Waals surface area contributed by atoms with Crippen LogP contribution in [0, 0.1) is 5.92 Å². The topological polar surface area (TPSA) is 18.5 Å². The van der Waals surface area contributed by atoms with E-state index in [1.165, 1.54) is 24.0 Å². The summed E-state index contributed by atoms with van der Waals surface area (Å²) in [5.41, 5.74) is 2.77. The highest BCUT2D eigenvalue weighted by Gasteiger charge is 2.27. The Balaban J connectivity index is 0.000000491. The van der Waals surface area contributed by atoms with Gasteiger partial charge in [-0.2, -0.15) is 0 Å². The normalized spacial score (nSPS) is 20.2. The van der Waals surface area contributed by atoms with Gasteiger partial charge in [0.05, 0.1) is 13.2 Å². The number of fused-ring (bicyclic) bond motifs is 1. The molecule has 0 bridgehead atoms. The van der Waals surface area contributed by atoms with Crippen LogP contribution in [0.25, 0.3) is 0 Å². The molecule has 21 heavy (non-hydrogen) atoms. The first kappa shape index (κ1) is 18.0. The smallest absolute Gasteiger partial charge is 0.122 e. The number of unbranched alkanes of at least 4 members (excludes halogenated alkanes) is 1. The van der Waals surface area contributed by atoms with E-state index in [1.807, 2.05) is 6.07 Å². The van der Waals surface area contributed by atoms with Gasteiger partial charge in [0.1, 0.15) is 5.75 Å². The Labute approximate surface area is 130 Å². The summed E-state index contributed by atoms with van der Waals surface area (Å²) in [7, 11) is 1.75. The predicted octanol–water partition coefficient (Wildman–Crippen LogP) is 5.03. The lowest BCUT2D eigenvalue weighted by molar-refractivity contribution is 0.0129. The summed E-state index contributed by atoms with van der Waals surface area (Å²) in [6, 6.07) is 6.34. The third-order valence-electron chi connectivity index (χ3n) is 4.07. The van der Waals surface area contributed by atoms with Gasteiger partial charge in [-0.15, -0.1) is 0 Å². The molecule has 0 fully saturated rings. The van der Waals surface area contributed by atoms with E-state index in [0.29, 0.717) is 12.0 Å². The average Bonchev–Trinajstić information content (AvgIpc) is 2.52. The monoisotopic (exact) mass is 292 g/mol. The van der Waals surface area contributed by atoms with Crippen LogP contribution in [0.1, 0.15) is 58.1 Å². The zero-order valence-electron chi connectivity index (χ0n) is 14.4. The van der Waals surface area contributed by atoms with E-state index in [1.54, 1.807) is 7.11 Å². The molecule has 1 aliphatic rings. The van der Waals surface area contributed by atoms with Crippen LogP contribution in [-0.4, -0.2) is 19.8 Å². The lowest BCUT2D eigenvalue weighted by Gasteiger charge is -2.31. The van der Waals surface area contributed by atoms with E-state index in [4.69, 9.17) is 9.47 Å². The summed E-state index contributed by atoms with van der Waals surface area (Å²) in [5, 5.41) is 0. The van der Waals surface area contributed by atoms with Crippen molar-refractivity contribution in [1.82, 2.24) is 0 Å². The van der Waals surface area contributed by atoms with E-state index in [0.717, 1.165) is 31.6 Å². The van der Waals surface area contributed by atoms with Crippen LogP contribution < -0.4 is 4.74 Å². The molecular formula is C19H32O2. The largest absolute Gasteiger partial charge is 0.496 e. The molecule has 1 aromatic carbocycles. The van der Waals surface area contributed by atoms with Gasteiger partial charge in [0.25, 0.3) is 0 Å². The van der Waals surface area contributed by atoms with Gasteiger partial charge >= 0.3 is 0 Å². The number of hydrogen-bond acceptors (Lipinski definition) is 2. The van der Waals surface area contributed by atoms with Crippen LogP contribution >= 0.6 is 0 Å². The molecule has 1 aromatic rings. The fourth-order valence-electron chi connectivity index (χ4n) is 2.60. The molecule has 0 spiro atoms. The van der Waals surface area contributed by atoms with Crippen LogP contribution in [0.3, 0.4) is 0 Å². The van der Waals surface area contributed by atoms with Crippen molar-refractivity contribution in [2.75, 3.05) is 13.7 Å². The maximum absolute atomic E-state index is 5.95. The SMILES string of the molecule is CCCC.CCCO[C@@H]1Cc2c(cccc2OC)C[C@H]1C. The maximum atomic E-state index is 5.95. The van der Waals surface area contributed by atoms with Gasteiger partial charge in [-0.1, -0.05) is 52.7 Å². The number of hydrogen-bond donors (Lipinski definition) is 0. The van der Waals surface area contributed by atoms with E-state index >= 15 is 0 Å². The highest BCUT2D eigenvalue weighted by atomic mass is 16.5. The Morgan fingerprint density at radius 2 is 1.76 bits per heavy atom. The molecular weight excluding hydrogens is 260 g/mol. The minimum Gasteiger partial charge on any atom is -0.496 e. The first-order valence-corrected chi connectivity index (χ1v) is 8.44. The Hall–Kier alpha value is -1.02. The molecule has 0 amide bonds. The first-order valence-electron chi connectivity index (χ1n) is 8.44. The summed E-state index contributed by atoms with van der Waals surface area (Å²) in [4.78, 5) is 0. The number of ether oxygens (including phenoxy) is 2. The summed E-state index contributed by atoms with van der Waals surface area (Å²) in [5.74, 6) is 1.61. The van der Waals surface area contributed by atoms with Crippen LogP contribution in [0.4, 0.5) is 0 Å². The molecule has 0 heterocycles. The lowest BCUT2D eigenvalue weighted by Crippen LogP contribution is -2.31.